The van der Waals surface area contributed by atoms with E-state index >= 15 is 0 Å². The quantitative estimate of drug-likeness (QED) is 0.537. The molecule has 0 saturated carbocycles. The molecule has 0 aromatic rings. The lowest BCUT2D eigenvalue weighted by Gasteiger charge is -2.17. The number of alkyl halides is 1. The van der Waals surface area contributed by atoms with E-state index in [0.717, 1.165) is 6.61 Å². The van der Waals surface area contributed by atoms with Gasteiger partial charge in [-0.2, -0.15) is 0 Å². The molecule has 108 valence electrons. The van der Waals surface area contributed by atoms with Crippen LogP contribution in [0.1, 0.15) is 76.2 Å². The number of rotatable bonds is 1. The van der Waals surface area contributed by atoms with Gasteiger partial charge >= 0.3 is 0 Å². The molecule has 2 heteroatoms. The van der Waals surface area contributed by atoms with Gasteiger partial charge in [0.15, 0.2) is 0 Å². The molecule has 0 aliphatic heterocycles. The summed E-state index contributed by atoms with van der Waals surface area (Å²) in [5, 5.41) is 0. The average Bonchev–Trinajstić information content (AvgIpc) is 1.73. The second kappa shape index (κ2) is 9.22. The van der Waals surface area contributed by atoms with Crippen LogP contribution in [0, 0.1) is 5.41 Å². The van der Waals surface area contributed by atoms with Crippen molar-refractivity contribution in [2.75, 3.05) is 6.61 Å². The summed E-state index contributed by atoms with van der Waals surface area (Å²) >= 11 is 5.53. The Morgan fingerprint density at radius 3 is 0.941 bits per heavy atom. The van der Waals surface area contributed by atoms with Crippen molar-refractivity contribution in [2.45, 2.75) is 86.6 Å². The maximum atomic E-state index is 5.53. The average molecular weight is 267 g/mol. The first-order valence-electron chi connectivity index (χ1n) is 6.39. The molecule has 0 unspecified atom stereocenters. The Balaban J connectivity index is -0.000000177. The first-order valence-corrected chi connectivity index (χ1v) is 6.77. The van der Waals surface area contributed by atoms with E-state index in [0.29, 0.717) is 5.41 Å². The van der Waals surface area contributed by atoms with Gasteiger partial charge in [0.05, 0.1) is 5.60 Å². The van der Waals surface area contributed by atoms with Crippen LogP contribution in [0.15, 0.2) is 0 Å². The van der Waals surface area contributed by atoms with Crippen molar-refractivity contribution in [1.82, 2.24) is 0 Å². The van der Waals surface area contributed by atoms with Crippen molar-refractivity contribution < 1.29 is 4.74 Å². The van der Waals surface area contributed by atoms with E-state index < -0.39 is 0 Å². The zero-order chi connectivity index (χ0) is 14.9. The Morgan fingerprint density at radius 2 is 0.941 bits per heavy atom. The van der Waals surface area contributed by atoms with Crippen molar-refractivity contribution in [3.8, 4) is 0 Å². The molecule has 0 radical (unpaired) electrons. The molecule has 17 heavy (non-hydrogen) atoms. The van der Waals surface area contributed by atoms with Gasteiger partial charge in [-0.1, -0.05) is 27.7 Å². The number of halogens is 1. The van der Waals surface area contributed by atoms with Crippen molar-refractivity contribution >= 4 is 11.6 Å². The summed E-state index contributed by atoms with van der Waals surface area (Å²) in [5.74, 6) is 0. The zero-order valence-corrected chi connectivity index (χ0v) is 14.7. The minimum atomic E-state index is -0.0278. The summed E-state index contributed by atoms with van der Waals surface area (Å²) in [5.41, 5.74) is 0.550. The highest BCUT2D eigenvalue weighted by molar-refractivity contribution is 6.23. The van der Waals surface area contributed by atoms with Gasteiger partial charge in [0.2, 0.25) is 0 Å². The first kappa shape index (κ1) is 22.4. The number of hydrogen-bond donors (Lipinski definition) is 0. The van der Waals surface area contributed by atoms with Crippen LogP contribution in [0.25, 0.3) is 0 Å². The predicted octanol–water partition coefficient (Wildman–Crippen LogP) is 5.90. The van der Waals surface area contributed by atoms with Crippen molar-refractivity contribution in [2.24, 2.45) is 5.41 Å². The van der Waals surface area contributed by atoms with Gasteiger partial charge in [0, 0.05) is 11.5 Å². The van der Waals surface area contributed by atoms with Gasteiger partial charge in [0.25, 0.3) is 0 Å². The third kappa shape index (κ3) is 183. The monoisotopic (exact) mass is 266 g/mol. The third-order valence-corrected chi connectivity index (χ3v) is 0.577. The highest BCUT2D eigenvalue weighted by Crippen LogP contribution is 2.08. The fourth-order valence-electron chi connectivity index (χ4n) is 0.433. The third-order valence-electron chi connectivity index (χ3n) is 0.577. The zero-order valence-electron chi connectivity index (χ0n) is 14.0. The summed E-state index contributed by atoms with van der Waals surface area (Å²) in [6.07, 6.45) is 0. The minimum Gasteiger partial charge on any atom is -0.376 e. The molecule has 0 aliphatic carbocycles. The SMILES string of the molecule is CC(C)(C)C.CC(C)(C)Cl.CCOC(C)(C)C. The van der Waals surface area contributed by atoms with Gasteiger partial charge in [-0.25, -0.2) is 0 Å². The number of hydrogen-bond acceptors (Lipinski definition) is 1. The molecule has 0 heterocycles. The van der Waals surface area contributed by atoms with Crippen LogP contribution in [0.4, 0.5) is 0 Å². The Labute approximate surface area is 115 Å². The molecule has 0 saturated heterocycles. The summed E-state index contributed by atoms with van der Waals surface area (Å²) in [6.45, 7) is 23.6. The van der Waals surface area contributed by atoms with E-state index in [9.17, 15) is 0 Å². The van der Waals surface area contributed by atoms with Gasteiger partial charge in [0.1, 0.15) is 0 Å². The molecule has 0 atom stereocenters. The summed E-state index contributed by atoms with van der Waals surface area (Å²) in [7, 11) is 0. The van der Waals surface area contributed by atoms with Crippen LogP contribution in [0.3, 0.4) is 0 Å². The summed E-state index contributed by atoms with van der Waals surface area (Å²) in [6, 6.07) is 0. The molecule has 0 rings (SSSR count). The van der Waals surface area contributed by atoms with Crippen molar-refractivity contribution in [3.63, 3.8) is 0 Å². The standard InChI is InChI=1S/C6H14O.C5H12.C4H9Cl/c1-5-7-6(2,3)4;1-5(2,3)4;1-4(2,3)5/h5H2,1-4H3;1-4H3;1-3H3. The van der Waals surface area contributed by atoms with E-state index in [1.54, 1.807) is 0 Å². The maximum absolute atomic E-state index is 5.53. The van der Waals surface area contributed by atoms with Crippen LogP contribution in [0.5, 0.6) is 0 Å². The van der Waals surface area contributed by atoms with Crippen molar-refractivity contribution in [3.05, 3.63) is 0 Å². The van der Waals surface area contributed by atoms with E-state index in [1.165, 1.54) is 0 Å². The molecule has 0 aromatic heterocycles. The van der Waals surface area contributed by atoms with Crippen LogP contribution in [-0.2, 0) is 4.74 Å². The Bertz CT molecular complexity index is 131. The highest BCUT2D eigenvalue weighted by Gasteiger charge is 2.06. The molecular formula is C15H35ClO. The Hall–Kier alpha value is 0.250. The van der Waals surface area contributed by atoms with Crippen LogP contribution in [0.2, 0.25) is 0 Å². The molecule has 0 aliphatic rings. The van der Waals surface area contributed by atoms with Crippen molar-refractivity contribution in [1.29, 1.82) is 0 Å². The van der Waals surface area contributed by atoms with Crippen LogP contribution in [-0.4, -0.2) is 17.1 Å². The molecule has 0 bridgehead atoms. The lowest BCUT2D eigenvalue weighted by molar-refractivity contribution is 0.00532. The fourth-order valence-corrected chi connectivity index (χ4v) is 0.433. The van der Waals surface area contributed by atoms with E-state index in [4.69, 9.17) is 16.3 Å². The Morgan fingerprint density at radius 1 is 0.765 bits per heavy atom. The second-order valence-electron chi connectivity index (χ2n) is 7.61. The van der Waals surface area contributed by atoms with Gasteiger partial charge in [-0.3, -0.25) is 0 Å². The summed E-state index contributed by atoms with van der Waals surface area (Å²) < 4.78 is 5.23. The molecule has 0 fully saturated rings. The van der Waals surface area contributed by atoms with Gasteiger partial charge in [-0.05, 0) is 53.9 Å². The van der Waals surface area contributed by atoms with Gasteiger partial charge in [-0.15, -0.1) is 11.6 Å². The lowest BCUT2D eigenvalue weighted by Crippen LogP contribution is -2.18. The van der Waals surface area contributed by atoms with E-state index in [2.05, 4.69) is 48.5 Å². The summed E-state index contributed by atoms with van der Waals surface area (Å²) in [4.78, 5) is -0.0278. The first-order chi connectivity index (χ1) is 7.06. The fraction of sp³-hybridized carbons (Fsp3) is 1.00. The molecular weight excluding hydrogens is 232 g/mol. The Kier molecular flexibility index (Phi) is 12.2. The molecule has 0 aromatic carbocycles. The normalized spacial score (nSPS) is 12.0. The van der Waals surface area contributed by atoms with Crippen LogP contribution < -0.4 is 0 Å². The smallest absolute Gasteiger partial charge is 0.0598 e. The molecule has 0 amide bonds. The minimum absolute atomic E-state index is 0.0278. The topological polar surface area (TPSA) is 9.23 Å². The molecule has 0 N–H and O–H groups in total. The molecule has 1 nitrogen and oxygen atoms in total. The largest absolute Gasteiger partial charge is 0.376 e. The lowest BCUT2D eigenvalue weighted by atomic mass is 10.0. The van der Waals surface area contributed by atoms with E-state index in [1.807, 2.05) is 27.7 Å². The number of ether oxygens (including phenoxy) is 1. The van der Waals surface area contributed by atoms with Crippen LogP contribution >= 0.6 is 11.6 Å². The predicted molar refractivity (Wildman–Crippen MR) is 82.1 cm³/mol. The van der Waals surface area contributed by atoms with Gasteiger partial charge < -0.3 is 4.74 Å². The molecule has 0 spiro atoms. The maximum Gasteiger partial charge on any atom is 0.0598 e. The second-order valence-corrected chi connectivity index (χ2v) is 8.75. The van der Waals surface area contributed by atoms with E-state index in [-0.39, 0.29) is 10.5 Å². The highest BCUT2D eigenvalue weighted by atomic mass is 35.5.